The highest BCUT2D eigenvalue weighted by molar-refractivity contribution is 6.31. The van der Waals surface area contributed by atoms with E-state index >= 15 is 0 Å². The molecule has 8 nitrogen and oxygen atoms in total. The third-order valence-corrected chi connectivity index (χ3v) is 3.49. The molecule has 2 heterocycles. The number of nitrogens with two attached hydrogens (primary N) is 1. The molecule has 2 rings (SSSR count). The lowest BCUT2D eigenvalue weighted by Crippen LogP contribution is -2.49. The molecule has 1 aromatic rings. The van der Waals surface area contributed by atoms with Gasteiger partial charge in [-0.1, -0.05) is 11.6 Å². The van der Waals surface area contributed by atoms with E-state index in [1.165, 1.54) is 0 Å². The number of hydrogen-bond acceptors (Lipinski definition) is 8. The van der Waals surface area contributed by atoms with E-state index in [2.05, 4.69) is 19.9 Å². The number of aromatic nitrogens is 3. The van der Waals surface area contributed by atoms with Gasteiger partial charge in [-0.2, -0.15) is 4.98 Å². The second kappa shape index (κ2) is 7.43. The fraction of sp³-hybridized carbons (Fsp3) is 0.727. The summed E-state index contributed by atoms with van der Waals surface area (Å²) in [6.07, 6.45) is -5.95. The molecular formula is C11H16ClF3N6O2. The highest BCUT2D eigenvalue weighted by Crippen LogP contribution is 2.18. The maximum absolute atomic E-state index is 11.9. The van der Waals surface area contributed by atoms with Gasteiger partial charge in [0.25, 0.3) is 0 Å². The van der Waals surface area contributed by atoms with E-state index in [4.69, 9.17) is 17.3 Å². The minimum absolute atomic E-state index is 0.0279. The van der Waals surface area contributed by atoms with Crippen LogP contribution in [0, 0.1) is 0 Å². The Balaban J connectivity index is 1.78. The number of halogens is 4. The lowest BCUT2D eigenvalue weighted by Gasteiger charge is -2.35. The van der Waals surface area contributed by atoms with Crippen LogP contribution in [0.2, 0.25) is 5.15 Å². The van der Waals surface area contributed by atoms with Crippen LogP contribution < -0.4 is 10.6 Å². The van der Waals surface area contributed by atoms with Crippen LogP contribution in [0.5, 0.6) is 0 Å². The number of rotatable bonds is 5. The zero-order valence-electron chi connectivity index (χ0n) is 12.0. The molecule has 1 aliphatic heterocycles. The standard InChI is InChI=1S/C11H16ClF3N6O2/c12-8-9(16)17-10(19-18-8)21-3-1-20(2-4-21)5-7(22)6-23-11(13,14)15/h7,22H,1-6H2,(H2,16,17,19). The molecule has 0 amide bonds. The van der Waals surface area contributed by atoms with Crippen molar-refractivity contribution in [3.8, 4) is 0 Å². The third-order valence-electron chi connectivity index (χ3n) is 3.22. The van der Waals surface area contributed by atoms with Gasteiger partial charge in [0.1, 0.15) is 0 Å². The minimum Gasteiger partial charge on any atom is -0.389 e. The molecule has 0 radical (unpaired) electrons. The van der Waals surface area contributed by atoms with Crippen molar-refractivity contribution < 1.29 is 23.0 Å². The highest BCUT2D eigenvalue weighted by Gasteiger charge is 2.30. The van der Waals surface area contributed by atoms with Crippen molar-refractivity contribution in [3.63, 3.8) is 0 Å². The molecule has 0 bridgehead atoms. The molecule has 0 aliphatic carbocycles. The van der Waals surface area contributed by atoms with Gasteiger partial charge < -0.3 is 15.7 Å². The van der Waals surface area contributed by atoms with E-state index in [9.17, 15) is 18.3 Å². The van der Waals surface area contributed by atoms with Gasteiger partial charge >= 0.3 is 6.36 Å². The van der Waals surface area contributed by atoms with E-state index < -0.39 is 19.1 Å². The van der Waals surface area contributed by atoms with Crippen molar-refractivity contribution in [2.45, 2.75) is 12.5 Å². The summed E-state index contributed by atoms with van der Waals surface area (Å²) >= 11 is 5.65. The van der Waals surface area contributed by atoms with Crippen molar-refractivity contribution in [1.82, 2.24) is 20.1 Å². The molecule has 0 aromatic carbocycles. The summed E-state index contributed by atoms with van der Waals surface area (Å²) in [6.45, 7) is 1.39. The lowest BCUT2D eigenvalue weighted by atomic mass is 10.3. The first-order valence-electron chi connectivity index (χ1n) is 6.76. The predicted octanol–water partition coefficient (Wildman–Crippen LogP) is 0.126. The van der Waals surface area contributed by atoms with Gasteiger partial charge in [-0.15, -0.1) is 23.4 Å². The Bertz CT molecular complexity index is 527. The molecule has 12 heteroatoms. The van der Waals surface area contributed by atoms with Crippen LogP contribution in [0.25, 0.3) is 0 Å². The number of nitrogens with zero attached hydrogens (tertiary/aromatic N) is 5. The summed E-state index contributed by atoms with van der Waals surface area (Å²) in [7, 11) is 0. The number of nitrogen functional groups attached to an aromatic ring is 1. The fourth-order valence-corrected chi connectivity index (χ4v) is 2.20. The predicted molar refractivity (Wildman–Crippen MR) is 75.9 cm³/mol. The molecule has 23 heavy (non-hydrogen) atoms. The lowest BCUT2D eigenvalue weighted by molar-refractivity contribution is -0.330. The number of β-amino-alcohol motifs (C(OH)–C–C–N with tert-alkyl or cyclic N) is 1. The van der Waals surface area contributed by atoms with Gasteiger partial charge in [-0.25, -0.2) is 0 Å². The van der Waals surface area contributed by atoms with Crippen LogP contribution in [-0.2, 0) is 4.74 Å². The molecule has 1 atom stereocenters. The number of piperazine rings is 1. The topological polar surface area (TPSA) is 101 Å². The first-order chi connectivity index (χ1) is 10.7. The summed E-state index contributed by atoms with van der Waals surface area (Å²) in [5, 5.41) is 17.1. The SMILES string of the molecule is Nc1nc(N2CCN(CC(O)COC(F)(F)F)CC2)nnc1Cl. The van der Waals surface area contributed by atoms with E-state index in [1.54, 1.807) is 0 Å². The number of ether oxygens (including phenoxy) is 1. The van der Waals surface area contributed by atoms with Gasteiger partial charge in [0, 0.05) is 32.7 Å². The number of aliphatic hydroxyl groups is 1. The molecule has 1 unspecified atom stereocenters. The minimum atomic E-state index is -4.74. The number of aliphatic hydroxyl groups excluding tert-OH is 1. The first kappa shape index (κ1) is 17.9. The van der Waals surface area contributed by atoms with Crippen molar-refractivity contribution >= 4 is 23.4 Å². The smallest absolute Gasteiger partial charge is 0.389 e. The van der Waals surface area contributed by atoms with Gasteiger partial charge in [0.15, 0.2) is 11.0 Å². The largest absolute Gasteiger partial charge is 0.522 e. The van der Waals surface area contributed by atoms with Crippen molar-refractivity contribution in [3.05, 3.63) is 5.15 Å². The molecule has 1 fully saturated rings. The second-order valence-corrected chi connectivity index (χ2v) is 5.34. The zero-order valence-corrected chi connectivity index (χ0v) is 12.8. The average molecular weight is 357 g/mol. The van der Waals surface area contributed by atoms with Crippen LogP contribution >= 0.6 is 11.6 Å². The van der Waals surface area contributed by atoms with Gasteiger partial charge in [-0.05, 0) is 0 Å². The van der Waals surface area contributed by atoms with Crippen molar-refractivity contribution in [2.24, 2.45) is 0 Å². The Hall–Kier alpha value is -1.43. The molecular weight excluding hydrogens is 341 g/mol. The normalized spacial score (nSPS) is 18.2. The first-order valence-corrected chi connectivity index (χ1v) is 7.14. The molecule has 0 spiro atoms. The third kappa shape index (κ3) is 5.61. The van der Waals surface area contributed by atoms with E-state index in [-0.39, 0.29) is 17.5 Å². The number of alkyl halides is 3. The van der Waals surface area contributed by atoms with Crippen LogP contribution in [0.15, 0.2) is 0 Å². The van der Waals surface area contributed by atoms with Crippen molar-refractivity contribution in [2.75, 3.05) is 50.0 Å². The monoisotopic (exact) mass is 356 g/mol. The summed E-state index contributed by atoms with van der Waals surface area (Å²) in [5.74, 6) is 0.423. The summed E-state index contributed by atoms with van der Waals surface area (Å²) in [5.41, 5.74) is 5.57. The molecule has 0 saturated carbocycles. The Morgan fingerprint density at radius 1 is 1.26 bits per heavy atom. The molecule has 1 saturated heterocycles. The Kier molecular flexibility index (Phi) is 5.79. The Morgan fingerprint density at radius 2 is 1.91 bits per heavy atom. The summed E-state index contributed by atoms with van der Waals surface area (Å²) in [6, 6.07) is 0. The maximum Gasteiger partial charge on any atom is 0.522 e. The van der Waals surface area contributed by atoms with Crippen molar-refractivity contribution in [1.29, 1.82) is 0 Å². The number of hydrogen-bond donors (Lipinski definition) is 2. The fourth-order valence-electron chi connectivity index (χ4n) is 2.12. The molecule has 1 aliphatic rings. The quantitative estimate of drug-likeness (QED) is 0.767. The average Bonchev–Trinajstić information content (AvgIpc) is 2.48. The van der Waals surface area contributed by atoms with Crippen LogP contribution in [0.1, 0.15) is 0 Å². The maximum atomic E-state index is 11.9. The summed E-state index contributed by atoms with van der Waals surface area (Å²) in [4.78, 5) is 7.68. The number of anilines is 2. The Morgan fingerprint density at radius 3 is 2.48 bits per heavy atom. The van der Waals surface area contributed by atoms with Crippen LogP contribution in [0.3, 0.4) is 0 Å². The van der Waals surface area contributed by atoms with Gasteiger partial charge in [0.05, 0.1) is 12.7 Å². The van der Waals surface area contributed by atoms with E-state index in [0.717, 1.165) is 0 Å². The van der Waals surface area contributed by atoms with Crippen LogP contribution in [0.4, 0.5) is 24.9 Å². The van der Waals surface area contributed by atoms with E-state index in [1.807, 2.05) is 9.80 Å². The van der Waals surface area contributed by atoms with Gasteiger partial charge in [0.2, 0.25) is 5.95 Å². The second-order valence-electron chi connectivity index (χ2n) is 4.99. The molecule has 1 aromatic heterocycles. The summed E-state index contributed by atoms with van der Waals surface area (Å²) < 4.78 is 39.3. The van der Waals surface area contributed by atoms with Crippen LogP contribution in [-0.4, -0.2) is 77.0 Å². The zero-order chi connectivity index (χ0) is 17.0. The van der Waals surface area contributed by atoms with E-state index in [0.29, 0.717) is 32.1 Å². The highest BCUT2D eigenvalue weighted by atomic mass is 35.5. The van der Waals surface area contributed by atoms with Gasteiger partial charge in [-0.3, -0.25) is 9.64 Å². The molecule has 130 valence electrons. The molecule has 3 N–H and O–H groups in total. The Labute approximate surface area is 135 Å².